The first-order chi connectivity index (χ1) is 15.1. The van der Waals surface area contributed by atoms with Crippen LogP contribution in [0.3, 0.4) is 0 Å². The van der Waals surface area contributed by atoms with E-state index in [1.54, 1.807) is 24.3 Å². The summed E-state index contributed by atoms with van der Waals surface area (Å²) in [5.41, 5.74) is 1.65. The van der Waals surface area contributed by atoms with Crippen LogP contribution in [-0.4, -0.2) is 37.7 Å². The molecule has 3 rings (SSSR count). The predicted octanol–water partition coefficient (Wildman–Crippen LogP) is 2.58. The number of amides is 2. The Kier molecular flexibility index (Phi) is 8.21. The average Bonchev–Trinajstić information content (AvgIpc) is 3.33. The normalized spacial score (nSPS) is 15.7. The highest BCUT2D eigenvalue weighted by Crippen LogP contribution is 2.15. The van der Waals surface area contributed by atoms with Crippen molar-refractivity contribution in [3.63, 3.8) is 0 Å². The lowest BCUT2D eigenvalue weighted by atomic mass is 10.1. The van der Waals surface area contributed by atoms with Gasteiger partial charge in [-0.3, -0.25) is 9.59 Å². The molecule has 7 nitrogen and oxygen atoms in total. The first-order valence-corrected chi connectivity index (χ1v) is 10.2. The second-order valence-electron chi connectivity index (χ2n) is 7.13. The van der Waals surface area contributed by atoms with Crippen molar-refractivity contribution in [2.24, 2.45) is 0 Å². The lowest BCUT2D eigenvalue weighted by Gasteiger charge is -2.11. The van der Waals surface area contributed by atoms with E-state index >= 15 is 0 Å². The molecular formula is C24H25N3O4. The third-order valence-corrected chi connectivity index (χ3v) is 4.77. The van der Waals surface area contributed by atoms with Crippen LogP contribution in [-0.2, 0) is 20.9 Å². The SMILES string of the molecule is N#C/C(=C\c1ccc(OCC(=O)NC[C@H]2CCCO2)cc1)C(=O)NCc1ccccc1. The van der Waals surface area contributed by atoms with Gasteiger partial charge in [-0.15, -0.1) is 0 Å². The fourth-order valence-corrected chi connectivity index (χ4v) is 3.08. The maximum Gasteiger partial charge on any atom is 0.262 e. The predicted molar refractivity (Wildman–Crippen MR) is 116 cm³/mol. The fourth-order valence-electron chi connectivity index (χ4n) is 3.08. The molecule has 0 radical (unpaired) electrons. The minimum Gasteiger partial charge on any atom is -0.484 e. The number of nitriles is 1. The van der Waals surface area contributed by atoms with Crippen molar-refractivity contribution in [1.82, 2.24) is 10.6 Å². The second-order valence-corrected chi connectivity index (χ2v) is 7.13. The van der Waals surface area contributed by atoms with Crippen molar-refractivity contribution in [2.75, 3.05) is 19.8 Å². The number of nitrogens with one attached hydrogen (secondary N) is 2. The van der Waals surface area contributed by atoms with Gasteiger partial charge in [-0.05, 0) is 42.2 Å². The van der Waals surface area contributed by atoms with Crippen LogP contribution in [0.5, 0.6) is 5.75 Å². The van der Waals surface area contributed by atoms with Crippen LogP contribution in [0, 0.1) is 11.3 Å². The zero-order valence-electron chi connectivity index (χ0n) is 17.2. The lowest BCUT2D eigenvalue weighted by molar-refractivity contribution is -0.123. The lowest BCUT2D eigenvalue weighted by Crippen LogP contribution is -2.35. The summed E-state index contributed by atoms with van der Waals surface area (Å²) in [5.74, 6) is -0.118. The van der Waals surface area contributed by atoms with Gasteiger partial charge in [-0.1, -0.05) is 42.5 Å². The van der Waals surface area contributed by atoms with E-state index in [-0.39, 0.29) is 24.2 Å². The van der Waals surface area contributed by atoms with Crippen LogP contribution in [0.1, 0.15) is 24.0 Å². The average molecular weight is 419 g/mol. The molecule has 2 aromatic rings. The van der Waals surface area contributed by atoms with E-state index < -0.39 is 5.91 Å². The van der Waals surface area contributed by atoms with E-state index in [0.29, 0.717) is 24.4 Å². The Hall–Kier alpha value is -3.63. The van der Waals surface area contributed by atoms with Gasteiger partial charge < -0.3 is 20.1 Å². The molecule has 1 atom stereocenters. The van der Waals surface area contributed by atoms with Crippen LogP contribution in [0.25, 0.3) is 6.08 Å². The zero-order valence-corrected chi connectivity index (χ0v) is 17.2. The summed E-state index contributed by atoms with van der Waals surface area (Å²) in [6, 6.07) is 18.2. The molecule has 1 saturated heterocycles. The Morgan fingerprint density at radius 2 is 1.90 bits per heavy atom. The molecule has 0 aliphatic carbocycles. The maximum absolute atomic E-state index is 12.3. The van der Waals surface area contributed by atoms with E-state index in [9.17, 15) is 14.9 Å². The van der Waals surface area contributed by atoms with E-state index in [4.69, 9.17) is 9.47 Å². The van der Waals surface area contributed by atoms with Gasteiger partial charge in [-0.2, -0.15) is 5.26 Å². The van der Waals surface area contributed by atoms with Crippen molar-refractivity contribution in [3.05, 3.63) is 71.3 Å². The van der Waals surface area contributed by atoms with Crippen molar-refractivity contribution in [3.8, 4) is 11.8 Å². The van der Waals surface area contributed by atoms with Gasteiger partial charge in [0.15, 0.2) is 6.61 Å². The summed E-state index contributed by atoms with van der Waals surface area (Å²) in [4.78, 5) is 24.2. The molecule has 0 unspecified atom stereocenters. The third-order valence-electron chi connectivity index (χ3n) is 4.77. The molecule has 31 heavy (non-hydrogen) atoms. The van der Waals surface area contributed by atoms with Gasteiger partial charge in [0.2, 0.25) is 0 Å². The number of hydrogen-bond donors (Lipinski definition) is 2. The molecule has 1 fully saturated rings. The number of carbonyl (C=O) groups excluding carboxylic acids is 2. The highest BCUT2D eigenvalue weighted by molar-refractivity contribution is 6.01. The zero-order chi connectivity index (χ0) is 21.9. The molecule has 0 spiro atoms. The highest BCUT2D eigenvalue weighted by Gasteiger charge is 2.16. The highest BCUT2D eigenvalue weighted by atomic mass is 16.5. The van der Waals surface area contributed by atoms with Crippen LogP contribution in [0.15, 0.2) is 60.2 Å². The van der Waals surface area contributed by atoms with Gasteiger partial charge in [0, 0.05) is 19.7 Å². The number of carbonyl (C=O) groups is 2. The van der Waals surface area contributed by atoms with Gasteiger partial charge in [0.25, 0.3) is 11.8 Å². The summed E-state index contributed by atoms with van der Waals surface area (Å²) in [6.07, 6.45) is 3.60. The Labute approximate surface area is 181 Å². The molecule has 2 amide bonds. The molecule has 1 aliphatic rings. The molecule has 0 saturated carbocycles. The molecule has 1 heterocycles. The monoisotopic (exact) mass is 419 g/mol. The number of benzene rings is 2. The van der Waals surface area contributed by atoms with Crippen molar-refractivity contribution >= 4 is 17.9 Å². The van der Waals surface area contributed by atoms with Crippen molar-refractivity contribution < 1.29 is 19.1 Å². The minimum absolute atomic E-state index is 0.0121. The summed E-state index contributed by atoms with van der Waals surface area (Å²) in [6.45, 7) is 1.50. The van der Waals surface area contributed by atoms with Gasteiger partial charge >= 0.3 is 0 Å². The topological polar surface area (TPSA) is 100 Å². The van der Waals surface area contributed by atoms with Crippen molar-refractivity contribution in [1.29, 1.82) is 5.26 Å². The van der Waals surface area contributed by atoms with Crippen molar-refractivity contribution in [2.45, 2.75) is 25.5 Å². The quantitative estimate of drug-likeness (QED) is 0.481. The van der Waals surface area contributed by atoms with E-state index in [2.05, 4.69) is 10.6 Å². The fraction of sp³-hybridized carbons (Fsp3) is 0.292. The van der Waals surface area contributed by atoms with E-state index in [1.807, 2.05) is 36.4 Å². The molecule has 7 heteroatoms. The molecule has 0 aromatic heterocycles. The van der Waals surface area contributed by atoms with E-state index in [0.717, 1.165) is 25.0 Å². The standard InChI is InChI=1S/C24H25N3O4/c25-14-20(24(29)27-15-19-5-2-1-3-6-19)13-18-8-10-21(11-9-18)31-17-23(28)26-16-22-7-4-12-30-22/h1-3,5-6,8-11,13,22H,4,7,12,15-17H2,(H,26,28)(H,27,29)/b20-13+/t22-/m1/s1. The van der Waals surface area contributed by atoms with Crippen LogP contribution in [0.4, 0.5) is 0 Å². The third kappa shape index (κ3) is 7.28. The Morgan fingerprint density at radius 1 is 1.13 bits per heavy atom. The van der Waals surface area contributed by atoms with E-state index in [1.165, 1.54) is 6.08 Å². The first-order valence-electron chi connectivity index (χ1n) is 10.2. The molecule has 2 aromatic carbocycles. The number of hydrogen-bond acceptors (Lipinski definition) is 5. The van der Waals surface area contributed by atoms with Crippen LogP contribution >= 0.6 is 0 Å². The van der Waals surface area contributed by atoms with Crippen LogP contribution < -0.4 is 15.4 Å². The molecule has 0 bridgehead atoms. The molecular weight excluding hydrogens is 394 g/mol. The molecule has 2 N–H and O–H groups in total. The number of ether oxygens (including phenoxy) is 2. The molecule has 1 aliphatic heterocycles. The summed E-state index contributed by atoms with van der Waals surface area (Å²) in [7, 11) is 0. The maximum atomic E-state index is 12.3. The summed E-state index contributed by atoms with van der Waals surface area (Å²) < 4.78 is 10.9. The second kappa shape index (κ2) is 11.5. The minimum atomic E-state index is -0.436. The van der Waals surface area contributed by atoms with Gasteiger partial charge in [0.05, 0.1) is 6.10 Å². The Bertz CT molecular complexity index is 943. The molecule has 160 valence electrons. The summed E-state index contributed by atoms with van der Waals surface area (Å²) in [5, 5.41) is 14.9. The van der Waals surface area contributed by atoms with Gasteiger partial charge in [-0.25, -0.2) is 0 Å². The largest absolute Gasteiger partial charge is 0.484 e. The van der Waals surface area contributed by atoms with Gasteiger partial charge in [0.1, 0.15) is 17.4 Å². The number of rotatable bonds is 9. The first kappa shape index (κ1) is 22.1. The Balaban J connectivity index is 1.47. The van der Waals surface area contributed by atoms with Crippen LogP contribution in [0.2, 0.25) is 0 Å². The smallest absolute Gasteiger partial charge is 0.262 e. The number of nitrogens with zero attached hydrogens (tertiary/aromatic N) is 1. The Morgan fingerprint density at radius 3 is 2.58 bits per heavy atom. The summed E-state index contributed by atoms with van der Waals surface area (Å²) >= 11 is 0.